The number of aromatic nitrogens is 2. The van der Waals surface area contributed by atoms with Gasteiger partial charge >= 0.3 is 0 Å². The second kappa shape index (κ2) is 13.5. The van der Waals surface area contributed by atoms with E-state index < -0.39 is 0 Å². The molecule has 5 rings (SSSR count). The van der Waals surface area contributed by atoms with E-state index in [0.29, 0.717) is 30.3 Å². The lowest BCUT2D eigenvalue weighted by Crippen LogP contribution is -2.37. The third kappa shape index (κ3) is 7.56. The van der Waals surface area contributed by atoms with Crippen molar-refractivity contribution in [1.82, 2.24) is 14.9 Å². The van der Waals surface area contributed by atoms with Crippen LogP contribution >= 0.6 is 0 Å². The molecule has 0 unspecified atom stereocenters. The Labute approximate surface area is 233 Å². The predicted molar refractivity (Wildman–Crippen MR) is 156 cm³/mol. The molecule has 40 heavy (non-hydrogen) atoms. The summed E-state index contributed by atoms with van der Waals surface area (Å²) in [7, 11) is 0. The van der Waals surface area contributed by atoms with Crippen LogP contribution in [-0.4, -0.2) is 60.2 Å². The van der Waals surface area contributed by atoms with Gasteiger partial charge in [0.2, 0.25) is 11.9 Å². The van der Waals surface area contributed by atoms with Gasteiger partial charge in [-0.25, -0.2) is 4.98 Å². The summed E-state index contributed by atoms with van der Waals surface area (Å²) in [6.45, 7) is 9.09. The predicted octanol–water partition coefficient (Wildman–Crippen LogP) is 5.18. The van der Waals surface area contributed by atoms with Gasteiger partial charge in [0.1, 0.15) is 23.9 Å². The van der Waals surface area contributed by atoms with E-state index in [1.807, 2.05) is 72.8 Å². The maximum absolute atomic E-state index is 12.0. The molecule has 2 heterocycles. The van der Waals surface area contributed by atoms with Crippen molar-refractivity contribution in [3.8, 4) is 11.5 Å². The van der Waals surface area contributed by atoms with E-state index >= 15 is 0 Å². The molecule has 0 bridgehead atoms. The van der Waals surface area contributed by atoms with Crippen LogP contribution in [-0.2, 0) is 16.1 Å². The average molecular weight is 540 g/mol. The normalized spacial score (nSPS) is 13.5. The van der Waals surface area contributed by atoms with Gasteiger partial charge in [-0.3, -0.25) is 15.0 Å². The number of morpholine rings is 1. The Balaban J connectivity index is 1.28. The number of carbonyl (C=O) groups excluding carboxylic acids is 1. The molecule has 1 aliphatic heterocycles. The zero-order valence-electron chi connectivity index (χ0n) is 22.3. The first-order valence-electron chi connectivity index (χ1n) is 13.4. The summed E-state index contributed by atoms with van der Waals surface area (Å²) < 4.78 is 17.3. The highest BCUT2D eigenvalue weighted by molar-refractivity contribution is 5.99. The van der Waals surface area contributed by atoms with Crippen molar-refractivity contribution in [3.63, 3.8) is 0 Å². The molecule has 9 nitrogen and oxygen atoms in total. The van der Waals surface area contributed by atoms with Crippen LogP contribution in [0.25, 0.3) is 10.9 Å². The molecule has 3 aromatic carbocycles. The number of nitrogens with zero attached hydrogens (tertiary/aromatic N) is 3. The Morgan fingerprint density at radius 1 is 0.975 bits per heavy atom. The molecule has 0 spiro atoms. The van der Waals surface area contributed by atoms with Crippen molar-refractivity contribution in [2.45, 2.75) is 13.0 Å². The highest BCUT2D eigenvalue weighted by Crippen LogP contribution is 2.29. The summed E-state index contributed by atoms with van der Waals surface area (Å²) in [5.41, 5.74) is 2.56. The summed E-state index contributed by atoms with van der Waals surface area (Å²) in [6.07, 6.45) is 2.10. The number of hydrogen-bond donors (Lipinski definition) is 2. The largest absolute Gasteiger partial charge is 0.493 e. The molecule has 0 atom stereocenters. The molecule has 206 valence electrons. The SMILES string of the molecule is C=CC(=O)Nc1nc(Nc2ccc(OCc3ccccc3)cc2)c2ccc(OCCCN3CCOCC3)cc2n1. The molecule has 1 amide bonds. The quantitative estimate of drug-likeness (QED) is 0.188. The highest BCUT2D eigenvalue weighted by atomic mass is 16.5. The van der Waals surface area contributed by atoms with Crippen molar-refractivity contribution >= 4 is 34.3 Å². The van der Waals surface area contributed by atoms with E-state index in [9.17, 15) is 4.79 Å². The number of rotatable bonds is 12. The fourth-order valence-electron chi connectivity index (χ4n) is 4.33. The number of anilines is 3. The van der Waals surface area contributed by atoms with Gasteiger partial charge in [0.25, 0.3) is 0 Å². The lowest BCUT2D eigenvalue weighted by atomic mass is 10.2. The van der Waals surface area contributed by atoms with Crippen molar-refractivity contribution in [1.29, 1.82) is 0 Å². The van der Waals surface area contributed by atoms with Crippen LogP contribution in [0.1, 0.15) is 12.0 Å². The number of nitrogens with one attached hydrogen (secondary N) is 2. The van der Waals surface area contributed by atoms with Crippen LogP contribution in [0.5, 0.6) is 11.5 Å². The van der Waals surface area contributed by atoms with Gasteiger partial charge in [0.15, 0.2) is 0 Å². The van der Waals surface area contributed by atoms with E-state index in [0.717, 1.165) is 61.7 Å². The fraction of sp³-hybridized carbons (Fsp3) is 0.258. The van der Waals surface area contributed by atoms with E-state index in [1.165, 1.54) is 6.08 Å². The van der Waals surface area contributed by atoms with Crippen LogP contribution in [0.3, 0.4) is 0 Å². The number of fused-ring (bicyclic) bond motifs is 1. The van der Waals surface area contributed by atoms with Gasteiger partial charge in [-0.2, -0.15) is 4.98 Å². The van der Waals surface area contributed by atoms with Crippen molar-refractivity contribution in [2.24, 2.45) is 0 Å². The Morgan fingerprint density at radius 3 is 2.52 bits per heavy atom. The minimum atomic E-state index is -0.388. The standard InChI is InChI=1S/C31H33N5O4/c1-2-29(37)34-31-33-28-21-26(39-18-6-15-36-16-19-38-20-17-36)13-14-27(28)30(35-31)32-24-9-11-25(12-10-24)40-22-23-7-4-3-5-8-23/h2-5,7-14,21H,1,6,15-20,22H2,(H2,32,33,34,35,37). The summed E-state index contributed by atoms with van der Waals surface area (Å²) in [4.78, 5) is 23.5. The number of hydrogen-bond acceptors (Lipinski definition) is 8. The van der Waals surface area contributed by atoms with Crippen molar-refractivity contribution < 1.29 is 19.0 Å². The van der Waals surface area contributed by atoms with Crippen molar-refractivity contribution in [3.05, 3.63) is 91.0 Å². The maximum Gasteiger partial charge on any atom is 0.250 e. The summed E-state index contributed by atoms with van der Waals surface area (Å²) >= 11 is 0. The molecule has 1 aromatic heterocycles. The zero-order chi connectivity index (χ0) is 27.6. The zero-order valence-corrected chi connectivity index (χ0v) is 22.3. The summed E-state index contributed by atoms with van der Waals surface area (Å²) in [5.74, 6) is 1.81. The second-order valence-corrected chi connectivity index (χ2v) is 9.35. The monoisotopic (exact) mass is 539 g/mol. The molecular formula is C31H33N5O4. The molecule has 2 N–H and O–H groups in total. The minimum Gasteiger partial charge on any atom is -0.493 e. The van der Waals surface area contributed by atoms with Gasteiger partial charge < -0.3 is 19.5 Å². The summed E-state index contributed by atoms with van der Waals surface area (Å²) in [6, 6.07) is 23.4. The third-order valence-corrected chi connectivity index (χ3v) is 6.45. The topological polar surface area (TPSA) is 97.8 Å². The van der Waals surface area contributed by atoms with Gasteiger partial charge in [0.05, 0.1) is 25.3 Å². The molecule has 9 heteroatoms. The number of ether oxygens (including phenoxy) is 3. The van der Waals surface area contributed by atoms with Crippen LogP contribution < -0.4 is 20.1 Å². The fourth-order valence-corrected chi connectivity index (χ4v) is 4.33. The second-order valence-electron chi connectivity index (χ2n) is 9.35. The third-order valence-electron chi connectivity index (χ3n) is 6.45. The maximum atomic E-state index is 12.0. The molecule has 0 saturated carbocycles. The Hall–Kier alpha value is -4.47. The molecule has 1 fully saturated rings. The number of amides is 1. The average Bonchev–Trinajstić information content (AvgIpc) is 3.00. The van der Waals surface area contributed by atoms with Crippen LogP contribution in [0.2, 0.25) is 0 Å². The Bertz CT molecular complexity index is 1420. The van der Waals surface area contributed by atoms with Gasteiger partial charge in [-0.15, -0.1) is 0 Å². The number of benzene rings is 3. The van der Waals surface area contributed by atoms with E-state index in [-0.39, 0.29) is 11.9 Å². The molecule has 1 saturated heterocycles. The molecule has 0 aliphatic carbocycles. The lowest BCUT2D eigenvalue weighted by molar-refractivity contribution is -0.111. The van der Waals surface area contributed by atoms with Gasteiger partial charge in [-0.05, 0) is 54.5 Å². The molecule has 1 aliphatic rings. The Kier molecular flexibility index (Phi) is 9.18. The lowest BCUT2D eigenvalue weighted by Gasteiger charge is -2.26. The smallest absolute Gasteiger partial charge is 0.250 e. The van der Waals surface area contributed by atoms with E-state index in [4.69, 9.17) is 14.2 Å². The summed E-state index contributed by atoms with van der Waals surface area (Å²) in [5, 5.41) is 6.80. The number of carbonyl (C=O) groups is 1. The Morgan fingerprint density at radius 2 is 1.75 bits per heavy atom. The van der Waals surface area contributed by atoms with E-state index in [2.05, 4.69) is 32.1 Å². The molecular weight excluding hydrogens is 506 g/mol. The van der Waals surface area contributed by atoms with E-state index in [1.54, 1.807) is 0 Å². The van der Waals surface area contributed by atoms with Crippen LogP contribution in [0.4, 0.5) is 17.5 Å². The van der Waals surface area contributed by atoms with Crippen molar-refractivity contribution in [2.75, 3.05) is 50.1 Å². The van der Waals surface area contributed by atoms with Crippen LogP contribution in [0, 0.1) is 0 Å². The first kappa shape index (κ1) is 27.1. The minimum absolute atomic E-state index is 0.173. The highest BCUT2D eigenvalue weighted by Gasteiger charge is 2.12. The van der Waals surface area contributed by atoms with Crippen LogP contribution in [0.15, 0.2) is 85.5 Å². The van der Waals surface area contributed by atoms with Gasteiger partial charge in [0, 0.05) is 36.8 Å². The molecule has 4 aromatic rings. The first-order valence-corrected chi connectivity index (χ1v) is 13.4. The molecule has 0 radical (unpaired) electrons. The van der Waals surface area contributed by atoms with Gasteiger partial charge in [-0.1, -0.05) is 36.9 Å². The first-order chi connectivity index (χ1) is 19.7.